The van der Waals surface area contributed by atoms with Crippen LogP contribution in [-0.4, -0.2) is 25.5 Å². The van der Waals surface area contributed by atoms with Gasteiger partial charge in [0.2, 0.25) is 11.7 Å². The molecule has 0 bridgehead atoms. The molecular weight excluding hydrogens is 420 g/mol. The Balaban J connectivity index is 1.27. The average Bonchev–Trinajstić information content (AvgIpc) is 3.22. The molecule has 3 heterocycles. The molecule has 4 rings (SSSR count). The first-order valence-electron chi connectivity index (χ1n) is 9.71. The number of pyridine rings is 1. The van der Waals surface area contributed by atoms with Crippen molar-refractivity contribution in [2.75, 3.05) is 0 Å². The maximum Gasteiger partial charge on any atom is 0.306 e. The van der Waals surface area contributed by atoms with E-state index < -0.39 is 0 Å². The molecule has 0 amide bonds. The van der Waals surface area contributed by atoms with Crippen LogP contribution in [-0.2, 0) is 22.6 Å². The Morgan fingerprint density at radius 2 is 1.97 bits per heavy atom. The second-order valence-electron chi connectivity index (χ2n) is 7.05. The molecular formula is C22H19ClN4O4. The lowest BCUT2D eigenvalue weighted by molar-refractivity contribution is -0.145. The van der Waals surface area contributed by atoms with Gasteiger partial charge in [0.05, 0.1) is 5.69 Å². The molecule has 0 aliphatic rings. The van der Waals surface area contributed by atoms with Gasteiger partial charge in [-0.25, -0.2) is 4.98 Å². The maximum absolute atomic E-state index is 12.2. The van der Waals surface area contributed by atoms with Gasteiger partial charge in [0, 0.05) is 35.7 Å². The summed E-state index contributed by atoms with van der Waals surface area (Å²) in [5.41, 5.74) is 2.46. The monoisotopic (exact) mass is 438 g/mol. The van der Waals surface area contributed by atoms with E-state index in [2.05, 4.69) is 15.1 Å². The molecule has 0 N–H and O–H groups in total. The van der Waals surface area contributed by atoms with Crippen molar-refractivity contribution in [3.8, 4) is 11.4 Å². The van der Waals surface area contributed by atoms with E-state index in [1.807, 2.05) is 25.1 Å². The Hall–Kier alpha value is -3.52. The first kappa shape index (κ1) is 20.7. The van der Waals surface area contributed by atoms with Crippen LogP contribution in [0.3, 0.4) is 0 Å². The molecule has 0 fully saturated rings. The van der Waals surface area contributed by atoms with E-state index in [-0.39, 0.29) is 24.6 Å². The normalized spacial score (nSPS) is 11.0. The van der Waals surface area contributed by atoms with Gasteiger partial charge in [0.1, 0.15) is 12.3 Å². The molecule has 0 unspecified atom stereocenters. The van der Waals surface area contributed by atoms with Crippen LogP contribution < -0.4 is 5.56 Å². The van der Waals surface area contributed by atoms with Crippen molar-refractivity contribution in [1.29, 1.82) is 0 Å². The molecule has 158 valence electrons. The predicted octanol–water partition coefficient (Wildman–Crippen LogP) is 3.77. The topological polar surface area (TPSA) is 99.6 Å². The number of aromatic nitrogens is 4. The van der Waals surface area contributed by atoms with Gasteiger partial charge >= 0.3 is 5.97 Å². The minimum Gasteiger partial charge on any atom is -0.459 e. The molecule has 0 saturated heterocycles. The van der Waals surface area contributed by atoms with Crippen LogP contribution in [0.25, 0.3) is 17.0 Å². The highest BCUT2D eigenvalue weighted by Gasteiger charge is 2.11. The molecule has 0 aliphatic carbocycles. The van der Waals surface area contributed by atoms with Crippen LogP contribution in [0.5, 0.6) is 0 Å². The van der Waals surface area contributed by atoms with Crippen LogP contribution >= 0.6 is 11.6 Å². The molecule has 1 aromatic carbocycles. The van der Waals surface area contributed by atoms with Crippen molar-refractivity contribution in [2.45, 2.75) is 32.8 Å². The van der Waals surface area contributed by atoms with E-state index in [1.165, 1.54) is 10.5 Å². The number of rotatable bonds is 7. The highest BCUT2D eigenvalue weighted by atomic mass is 35.5. The van der Waals surface area contributed by atoms with Crippen LogP contribution in [0, 0.1) is 6.92 Å². The van der Waals surface area contributed by atoms with Gasteiger partial charge < -0.3 is 9.26 Å². The zero-order valence-electron chi connectivity index (χ0n) is 16.7. The van der Waals surface area contributed by atoms with Gasteiger partial charge in [-0.15, -0.1) is 0 Å². The highest BCUT2D eigenvalue weighted by molar-refractivity contribution is 6.30. The third kappa shape index (κ3) is 5.16. The number of nitrogens with zero attached hydrogens (tertiary/aromatic N) is 4. The van der Waals surface area contributed by atoms with Crippen LogP contribution in [0.1, 0.15) is 30.0 Å². The number of fused-ring (bicyclic) bond motifs is 1. The molecule has 0 saturated carbocycles. The lowest BCUT2D eigenvalue weighted by Crippen LogP contribution is -2.16. The lowest BCUT2D eigenvalue weighted by atomic mass is 10.2. The van der Waals surface area contributed by atoms with E-state index in [0.717, 1.165) is 11.1 Å². The fraction of sp³-hybridized carbons (Fsp3) is 0.227. The number of ether oxygens (including phenoxy) is 1. The first-order valence-corrected chi connectivity index (χ1v) is 10.1. The van der Waals surface area contributed by atoms with Crippen molar-refractivity contribution < 1.29 is 14.1 Å². The standard InChI is InChI=1S/C22H19ClN4O4/c1-14-5-10-18-24-17(11-20(28)27(18)12-14)13-30-21(29)4-2-3-19-25-22(26-31-19)15-6-8-16(23)9-7-15/h5-12H,2-4,13H2,1H3. The first-order chi connectivity index (χ1) is 15.0. The van der Waals surface area contributed by atoms with Crippen LogP contribution in [0.4, 0.5) is 0 Å². The molecule has 31 heavy (non-hydrogen) atoms. The number of halogens is 1. The molecule has 0 spiro atoms. The van der Waals surface area contributed by atoms with Gasteiger partial charge in [-0.05, 0) is 49.2 Å². The number of hydrogen-bond donors (Lipinski definition) is 0. The fourth-order valence-corrected chi connectivity index (χ4v) is 3.14. The number of benzene rings is 1. The lowest BCUT2D eigenvalue weighted by Gasteiger charge is -2.06. The van der Waals surface area contributed by atoms with Crippen molar-refractivity contribution in [3.05, 3.63) is 81.2 Å². The SMILES string of the molecule is Cc1ccc2nc(COC(=O)CCCc3nc(-c4ccc(Cl)cc4)no3)cc(=O)n2c1. The summed E-state index contributed by atoms with van der Waals surface area (Å²) in [6, 6.07) is 12.1. The average molecular weight is 439 g/mol. The second-order valence-corrected chi connectivity index (χ2v) is 7.49. The summed E-state index contributed by atoms with van der Waals surface area (Å²) in [6.45, 7) is 1.84. The smallest absolute Gasteiger partial charge is 0.306 e. The summed E-state index contributed by atoms with van der Waals surface area (Å²) < 4.78 is 11.9. The number of aryl methyl sites for hydroxylation is 2. The Kier molecular flexibility index (Phi) is 6.08. The van der Waals surface area contributed by atoms with Crippen LogP contribution in [0.15, 0.2) is 58.0 Å². The van der Waals surface area contributed by atoms with Gasteiger partial charge in [-0.2, -0.15) is 4.98 Å². The van der Waals surface area contributed by atoms with E-state index in [0.29, 0.717) is 40.9 Å². The predicted molar refractivity (Wildman–Crippen MR) is 114 cm³/mol. The fourth-order valence-electron chi connectivity index (χ4n) is 3.02. The minimum absolute atomic E-state index is 0.0558. The summed E-state index contributed by atoms with van der Waals surface area (Å²) in [4.78, 5) is 32.9. The number of carbonyl (C=O) groups is 1. The summed E-state index contributed by atoms with van der Waals surface area (Å²) in [6.07, 6.45) is 2.85. The Bertz CT molecular complexity index is 1280. The summed E-state index contributed by atoms with van der Waals surface area (Å²) in [5.74, 6) is 0.527. The van der Waals surface area contributed by atoms with Gasteiger partial charge in [0.15, 0.2) is 0 Å². The highest BCUT2D eigenvalue weighted by Crippen LogP contribution is 2.19. The second kappa shape index (κ2) is 9.09. The molecule has 8 nitrogen and oxygen atoms in total. The van der Waals surface area contributed by atoms with Crippen molar-refractivity contribution >= 4 is 23.2 Å². The summed E-state index contributed by atoms with van der Waals surface area (Å²) in [5, 5.41) is 4.57. The van der Waals surface area contributed by atoms with Crippen LogP contribution in [0.2, 0.25) is 5.02 Å². The third-order valence-corrected chi connectivity index (χ3v) is 4.84. The Labute approximate surface area is 182 Å². The van der Waals surface area contributed by atoms with Crippen molar-refractivity contribution in [2.24, 2.45) is 0 Å². The maximum atomic E-state index is 12.2. The van der Waals surface area contributed by atoms with E-state index in [9.17, 15) is 9.59 Å². The van der Waals surface area contributed by atoms with Gasteiger partial charge in [-0.3, -0.25) is 14.0 Å². The van der Waals surface area contributed by atoms with Gasteiger partial charge in [0.25, 0.3) is 5.56 Å². The van der Waals surface area contributed by atoms with E-state index >= 15 is 0 Å². The molecule has 4 aromatic rings. The summed E-state index contributed by atoms with van der Waals surface area (Å²) >= 11 is 5.88. The minimum atomic E-state index is -0.386. The zero-order chi connectivity index (χ0) is 21.8. The molecule has 0 aliphatic heterocycles. The molecule has 0 radical (unpaired) electrons. The number of carbonyl (C=O) groups excluding carboxylic acids is 1. The molecule has 3 aromatic heterocycles. The summed E-state index contributed by atoms with van der Waals surface area (Å²) in [7, 11) is 0. The molecule has 0 atom stereocenters. The number of hydrogen-bond acceptors (Lipinski definition) is 7. The van der Waals surface area contributed by atoms with Gasteiger partial charge in [-0.1, -0.05) is 22.8 Å². The van der Waals surface area contributed by atoms with Crippen molar-refractivity contribution in [1.82, 2.24) is 19.5 Å². The van der Waals surface area contributed by atoms with Crippen molar-refractivity contribution in [3.63, 3.8) is 0 Å². The quantitative estimate of drug-likeness (QED) is 0.405. The Morgan fingerprint density at radius 3 is 2.77 bits per heavy atom. The number of esters is 1. The largest absolute Gasteiger partial charge is 0.459 e. The Morgan fingerprint density at radius 1 is 1.16 bits per heavy atom. The van der Waals surface area contributed by atoms with E-state index in [4.69, 9.17) is 20.9 Å². The zero-order valence-corrected chi connectivity index (χ0v) is 17.5. The van der Waals surface area contributed by atoms with E-state index in [1.54, 1.807) is 24.4 Å². The third-order valence-electron chi connectivity index (χ3n) is 4.58. The molecule has 9 heteroatoms.